The van der Waals surface area contributed by atoms with Crippen LogP contribution >= 0.6 is 11.8 Å². The second-order valence-corrected chi connectivity index (χ2v) is 6.58. The molecule has 3 nitrogen and oxygen atoms in total. The summed E-state index contributed by atoms with van der Waals surface area (Å²) in [5.41, 5.74) is 4.89. The van der Waals surface area contributed by atoms with E-state index in [9.17, 15) is 4.79 Å². The van der Waals surface area contributed by atoms with Gasteiger partial charge in [0.2, 0.25) is 5.91 Å². The fourth-order valence-corrected chi connectivity index (χ4v) is 3.86. The standard InChI is InChI=1S/C17H16N2OS/c20-17-10-21-16-6-5-13(9-15(16)19-17)18-14-7-11-3-1-2-4-12(11)8-14/h1-6,9,14,18H,7-8,10H2,(H,19,20). The van der Waals surface area contributed by atoms with Crippen LogP contribution in [-0.4, -0.2) is 17.7 Å². The Morgan fingerprint density at radius 2 is 1.86 bits per heavy atom. The van der Waals surface area contributed by atoms with E-state index in [0.29, 0.717) is 11.8 Å². The van der Waals surface area contributed by atoms with E-state index < -0.39 is 0 Å². The van der Waals surface area contributed by atoms with Crippen molar-refractivity contribution in [3.63, 3.8) is 0 Å². The van der Waals surface area contributed by atoms with E-state index in [1.165, 1.54) is 11.1 Å². The summed E-state index contributed by atoms with van der Waals surface area (Å²) in [5.74, 6) is 0.593. The highest BCUT2D eigenvalue weighted by Gasteiger charge is 2.21. The summed E-state index contributed by atoms with van der Waals surface area (Å²) in [6, 6.07) is 15.3. The molecule has 1 amide bonds. The third kappa shape index (κ3) is 2.51. The molecule has 0 spiro atoms. The van der Waals surface area contributed by atoms with Gasteiger partial charge in [0.1, 0.15) is 0 Å². The number of carbonyl (C=O) groups is 1. The number of anilines is 2. The number of thioether (sulfide) groups is 1. The number of carbonyl (C=O) groups excluding carboxylic acids is 1. The van der Waals surface area contributed by atoms with Crippen LogP contribution in [0.3, 0.4) is 0 Å². The van der Waals surface area contributed by atoms with E-state index >= 15 is 0 Å². The van der Waals surface area contributed by atoms with E-state index in [0.717, 1.165) is 29.1 Å². The van der Waals surface area contributed by atoms with Gasteiger partial charge < -0.3 is 10.6 Å². The SMILES string of the molecule is O=C1CSc2ccc(NC3Cc4ccccc4C3)cc2N1. The molecule has 1 aliphatic heterocycles. The number of rotatable bonds is 2. The predicted octanol–water partition coefficient (Wildman–Crippen LogP) is 3.31. The summed E-state index contributed by atoms with van der Waals surface area (Å²) in [6.07, 6.45) is 2.13. The second kappa shape index (κ2) is 5.11. The predicted molar refractivity (Wildman–Crippen MR) is 87.1 cm³/mol. The van der Waals surface area contributed by atoms with Crippen LogP contribution in [0.1, 0.15) is 11.1 Å². The highest BCUT2D eigenvalue weighted by molar-refractivity contribution is 8.00. The number of nitrogens with one attached hydrogen (secondary N) is 2. The third-order valence-electron chi connectivity index (χ3n) is 4.03. The molecule has 1 aliphatic carbocycles. The van der Waals surface area contributed by atoms with Crippen molar-refractivity contribution in [2.24, 2.45) is 0 Å². The van der Waals surface area contributed by atoms with Gasteiger partial charge in [-0.1, -0.05) is 24.3 Å². The first-order valence-electron chi connectivity index (χ1n) is 7.18. The molecule has 0 saturated carbocycles. The zero-order valence-electron chi connectivity index (χ0n) is 11.6. The molecule has 0 saturated heterocycles. The van der Waals surface area contributed by atoms with E-state index in [-0.39, 0.29) is 5.91 Å². The van der Waals surface area contributed by atoms with Crippen LogP contribution in [0.2, 0.25) is 0 Å². The summed E-state index contributed by atoms with van der Waals surface area (Å²) in [7, 11) is 0. The third-order valence-corrected chi connectivity index (χ3v) is 5.11. The van der Waals surface area contributed by atoms with Gasteiger partial charge in [-0.25, -0.2) is 0 Å². The molecule has 4 heteroatoms. The first kappa shape index (κ1) is 12.8. The monoisotopic (exact) mass is 296 g/mol. The van der Waals surface area contributed by atoms with Gasteiger partial charge in [0.15, 0.2) is 0 Å². The van der Waals surface area contributed by atoms with Gasteiger partial charge in [0, 0.05) is 16.6 Å². The van der Waals surface area contributed by atoms with E-state index in [1.54, 1.807) is 11.8 Å². The molecule has 21 heavy (non-hydrogen) atoms. The van der Waals surface area contributed by atoms with Crippen molar-refractivity contribution >= 4 is 29.0 Å². The average Bonchev–Trinajstić information content (AvgIpc) is 2.89. The Morgan fingerprint density at radius 1 is 1.10 bits per heavy atom. The van der Waals surface area contributed by atoms with Crippen molar-refractivity contribution in [1.29, 1.82) is 0 Å². The van der Waals surface area contributed by atoms with E-state index in [1.807, 2.05) is 6.07 Å². The molecule has 0 atom stereocenters. The number of hydrogen-bond donors (Lipinski definition) is 2. The van der Waals surface area contributed by atoms with Crippen LogP contribution in [0.4, 0.5) is 11.4 Å². The highest BCUT2D eigenvalue weighted by atomic mass is 32.2. The molecular formula is C17H16N2OS. The zero-order valence-corrected chi connectivity index (χ0v) is 12.4. The van der Waals surface area contributed by atoms with E-state index in [2.05, 4.69) is 47.0 Å². The van der Waals surface area contributed by atoms with Crippen molar-refractivity contribution in [2.45, 2.75) is 23.8 Å². The Balaban J connectivity index is 1.51. The fourth-order valence-electron chi connectivity index (χ4n) is 3.07. The lowest BCUT2D eigenvalue weighted by molar-refractivity contribution is -0.113. The Hall–Kier alpha value is -1.94. The second-order valence-electron chi connectivity index (χ2n) is 5.57. The summed E-state index contributed by atoms with van der Waals surface area (Å²) in [4.78, 5) is 12.6. The summed E-state index contributed by atoms with van der Waals surface area (Å²) < 4.78 is 0. The van der Waals surface area contributed by atoms with Crippen molar-refractivity contribution in [1.82, 2.24) is 0 Å². The minimum atomic E-state index is 0.0814. The van der Waals surface area contributed by atoms with Crippen LogP contribution < -0.4 is 10.6 Å². The maximum Gasteiger partial charge on any atom is 0.234 e. The Labute approximate surface area is 128 Å². The van der Waals surface area contributed by atoms with Crippen molar-refractivity contribution < 1.29 is 4.79 Å². The van der Waals surface area contributed by atoms with Crippen molar-refractivity contribution in [3.8, 4) is 0 Å². The topological polar surface area (TPSA) is 41.1 Å². The molecule has 0 radical (unpaired) electrons. The Bertz CT molecular complexity index is 689. The lowest BCUT2D eigenvalue weighted by atomic mass is 10.1. The van der Waals surface area contributed by atoms with Crippen molar-refractivity contribution in [3.05, 3.63) is 53.6 Å². The summed E-state index contributed by atoms with van der Waals surface area (Å²) >= 11 is 1.60. The largest absolute Gasteiger partial charge is 0.382 e. The van der Waals surface area contributed by atoms with Crippen molar-refractivity contribution in [2.75, 3.05) is 16.4 Å². The molecule has 4 rings (SSSR count). The van der Waals surface area contributed by atoms with Gasteiger partial charge in [-0.15, -0.1) is 11.8 Å². The molecule has 1 heterocycles. The zero-order chi connectivity index (χ0) is 14.2. The molecule has 2 aromatic carbocycles. The van der Waals surface area contributed by atoms with Crippen LogP contribution in [0, 0.1) is 0 Å². The molecular weight excluding hydrogens is 280 g/mol. The Morgan fingerprint density at radius 3 is 2.62 bits per heavy atom. The number of benzene rings is 2. The van der Waals surface area contributed by atoms with Crippen LogP contribution in [-0.2, 0) is 17.6 Å². The maximum atomic E-state index is 11.5. The quantitative estimate of drug-likeness (QED) is 0.893. The molecule has 0 bridgehead atoms. The van der Waals surface area contributed by atoms with Crippen LogP contribution in [0.25, 0.3) is 0 Å². The summed E-state index contributed by atoms with van der Waals surface area (Å²) in [6.45, 7) is 0. The first-order chi connectivity index (χ1) is 10.3. The van der Waals surface area contributed by atoms with Gasteiger partial charge in [-0.05, 0) is 42.2 Å². The average molecular weight is 296 g/mol. The maximum absolute atomic E-state index is 11.5. The normalized spacial score (nSPS) is 17.0. The van der Waals surface area contributed by atoms with Gasteiger partial charge in [0.05, 0.1) is 11.4 Å². The molecule has 0 unspecified atom stereocenters. The van der Waals surface area contributed by atoms with E-state index in [4.69, 9.17) is 0 Å². The lowest BCUT2D eigenvalue weighted by Gasteiger charge is -2.19. The lowest BCUT2D eigenvalue weighted by Crippen LogP contribution is -2.21. The number of hydrogen-bond acceptors (Lipinski definition) is 3. The fraction of sp³-hybridized carbons (Fsp3) is 0.235. The van der Waals surface area contributed by atoms with Crippen LogP contribution in [0.15, 0.2) is 47.4 Å². The minimum Gasteiger partial charge on any atom is -0.382 e. The highest BCUT2D eigenvalue weighted by Crippen LogP contribution is 2.34. The first-order valence-corrected chi connectivity index (χ1v) is 8.16. The molecule has 0 fully saturated rings. The van der Waals surface area contributed by atoms with Gasteiger partial charge in [-0.3, -0.25) is 4.79 Å². The molecule has 2 aliphatic rings. The minimum absolute atomic E-state index is 0.0814. The molecule has 106 valence electrons. The molecule has 2 aromatic rings. The summed E-state index contributed by atoms with van der Waals surface area (Å²) in [5, 5.41) is 6.53. The number of amides is 1. The Kier molecular flexibility index (Phi) is 3.11. The number of fused-ring (bicyclic) bond motifs is 2. The van der Waals surface area contributed by atoms with Crippen LogP contribution in [0.5, 0.6) is 0 Å². The van der Waals surface area contributed by atoms with Gasteiger partial charge >= 0.3 is 0 Å². The molecule has 2 N–H and O–H groups in total. The van der Waals surface area contributed by atoms with Gasteiger partial charge in [-0.2, -0.15) is 0 Å². The molecule has 0 aromatic heterocycles. The smallest absolute Gasteiger partial charge is 0.234 e. The van der Waals surface area contributed by atoms with Gasteiger partial charge in [0.25, 0.3) is 0 Å².